The number of fused-ring (bicyclic) bond motifs is 8. The molecule has 0 unspecified atom stereocenters. The molecule has 0 amide bonds. The number of H-pyrrole nitrogens is 1. The molecule has 1 fully saturated rings. The van der Waals surface area contributed by atoms with Crippen LogP contribution in [-0.4, -0.2) is 61.7 Å². The molecule has 13 nitrogen and oxygen atoms in total. The molecule has 2 aliphatic rings. The third-order valence-electron chi connectivity index (χ3n) is 8.11. The Hall–Kier alpha value is -5.00. The summed E-state index contributed by atoms with van der Waals surface area (Å²) in [5, 5.41) is 14.7. The van der Waals surface area contributed by atoms with E-state index in [0.717, 1.165) is 34.3 Å². The van der Waals surface area contributed by atoms with Crippen molar-refractivity contribution in [3.8, 4) is 16.9 Å². The molecule has 0 saturated carbocycles. The van der Waals surface area contributed by atoms with Gasteiger partial charge in [-0.15, -0.1) is 0 Å². The fourth-order valence-corrected chi connectivity index (χ4v) is 7.62. The molecule has 6 heterocycles. The van der Waals surface area contributed by atoms with Gasteiger partial charge in [-0.3, -0.25) is 19.5 Å². The first-order valence-electron chi connectivity index (χ1n) is 14.1. The predicted octanol–water partition coefficient (Wildman–Crippen LogP) is 5.24. The van der Waals surface area contributed by atoms with Crippen molar-refractivity contribution >= 4 is 63.5 Å². The molecule has 1 saturated heterocycles. The molecule has 0 bridgehead atoms. The number of aromatic nitrogens is 7. The molecule has 14 heteroatoms. The lowest BCUT2D eigenvalue weighted by Crippen LogP contribution is -2.27. The van der Waals surface area contributed by atoms with E-state index in [4.69, 9.17) is 19.5 Å². The van der Waals surface area contributed by atoms with E-state index >= 15 is 0 Å². The number of nitrogens with zero attached hydrogens (tertiary/aromatic N) is 7. The number of aryl methyl sites for hydroxylation is 1. The minimum atomic E-state index is -2.77. The summed E-state index contributed by atoms with van der Waals surface area (Å²) in [5.41, 5.74) is 6.41. The first kappa shape index (κ1) is 26.6. The predicted molar refractivity (Wildman–Crippen MR) is 170 cm³/mol. The van der Waals surface area contributed by atoms with Crippen molar-refractivity contribution in [2.45, 2.75) is 12.5 Å². The Morgan fingerprint density at radius 2 is 1.93 bits per heavy atom. The third kappa shape index (κ3) is 4.11. The lowest BCUT2D eigenvalue weighted by Gasteiger charge is -2.32. The van der Waals surface area contributed by atoms with Gasteiger partial charge >= 0.3 is 0 Å². The van der Waals surface area contributed by atoms with Gasteiger partial charge in [0.15, 0.2) is 5.82 Å². The van der Waals surface area contributed by atoms with Gasteiger partial charge in [0.2, 0.25) is 5.95 Å². The number of hydroxylamine groups is 1. The minimum Gasteiger partial charge on any atom is -0.495 e. The van der Waals surface area contributed by atoms with Crippen LogP contribution in [0.1, 0.15) is 18.0 Å². The summed E-state index contributed by atoms with van der Waals surface area (Å²) in [6.07, 6.45) is 7.77. The van der Waals surface area contributed by atoms with Crippen molar-refractivity contribution in [3.05, 3.63) is 60.7 Å². The zero-order valence-electron chi connectivity index (χ0n) is 24.5. The van der Waals surface area contributed by atoms with Crippen LogP contribution in [0.2, 0.25) is 0 Å². The zero-order chi connectivity index (χ0) is 30.2. The van der Waals surface area contributed by atoms with E-state index in [0.29, 0.717) is 57.5 Å². The number of benzene rings is 2. The third-order valence-corrected chi connectivity index (χ3v) is 9.64. The Balaban J connectivity index is 1.22. The van der Waals surface area contributed by atoms with E-state index < -0.39 is 7.14 Å². The Morgan fingerprint density at radius 3 is 2.77 bits per heavy atom. The molecular formula is C30H29N10O3P. The van der Waals surface area contributed by atoms with Crippen LogP contribution >= 0.6 is 7.14 Å². The highest BCUT2D eigenvalue weighted by molar-refractivity contribution is 7.71. The summed E-state index contributed by atoms with van der Waals surface area (Å²) in [6.45, 7) is 4.09. The van der Waals surface area contributed by atoms with Gasteiger partial charge in [0, 0.05) is 37.6 Å². The van der Waals surface area contributed by atoms with Gasteiger partial charge in [0.05, 0.1) is 53.5 Å². The molecule has 2 aliphatic heterocycles. The van der Waals surface area contributed by atoms with Crippen molar-refractivity contribution in [3.63, 3.8) is 0 Å². The molecular weight excluding hydrogens is 579 g/mol. The molecule has 3 N–H and O–H groups in total. The first-order valence-corrected chi connectivity index (χ1v) is 16.7. The normalized spacial score (nSPS) is 15.7. The highest BCUT2D eigenvalue weighted by Gasteiger charge is 2.39. The second-order valence-corrected chi connectivity index (χ2v) is 14.4. The fourth-order valence-electron chi connectivity index (χ4n) is 6.22. The van der Waals surface area contributed by atoms with E-state index in [1.165, 1.54) is 0 Å². The van der Waals surface area contributed by atoms with Crippen molar-refractivity contribution < 1.29 is 14.1 Å². The maximum absolute atomic E-state index is 13.5. The Morgan fingerprint density at radius 1 is 1.07 bits per heavy atom. The van der Waals surface area contributed by atoms with Gasteiger partial charge in [-0.25, -0.2) is 5.06 Å². The number of hydrogen-bond donors (Lipinski definition) is 3. The van der Waals surface area contributed by atoms with Crippen LogP contribution < -0.4 is 25.7 Å². The highest BCUT2D eigenvalue weighted by Crippen LogP contribution is 2.51. The number of aromatic amines is 1. The second-order valence-electron chi connectivity index (χ2n) is 11.2. The lowest BCUT2D eigenvalue weighted by molar-refractivity contribution is 0.154. The molecule has 222 valence electrons. The van der Waals surface area contributed by atoms with Crippen molar-refractivity contribution in [1.82, 2.24) is 34.7 Å². The van der Waals surface area contributed by atoms with Gasteiger partial charge in [0.1, 0.15) is 29.9 Å². The minimum absolute atomic E-state index is 0.0621. The lowest BCUT2D eigenvalue weighted by atomic mass is 9.90. The van der Waals surface area contributed by atoms with Crippen molar-refractivity contribution in [2.75, 3.05) is 42.7 Å². The van der Waals surface area contributed by atoms with E-state index in [-0.39, 0.29) is 6.04 Å². The molecule has 44 heavy (non-hydrogen) atoms. The number of hydrogen-bond acceptors (Lipinski definition) is 11. The SMILES string of the molecule is COc1cc2c(cc1Nc1nc(Nc3ccc4nccnc4c3P(C)(C)=O)c3cc[nH]c3n1)-c1cnn(C)c1N1OCC[C@@H]21. The monoisotopic (exact) mass is 608 g/mol. The molecule has 8 rings (SSSR count). The van der Waals surface area contributed by atoms with Crippen LogP contribution in [0.4, 0.5) is 29.0 Å². The standard InChI is InChI=1S/C30H29N10O3P/c1-39-29-19(15-34-39)17-13-22(24(42-2)14-18(17)23-8-12-43-40(23)29)36-30-37-27-16(7-9-33-27)28(38-30)35-21-6-5-20-25(32-11-10-31-20)26(21)44(3,4)41/h5-7,9-11,13-15,23H,8,12H2,1-4H3,(H3,33,35,36,37,38)/t23-/m0/s1. The molecule has 1 atom stereocenters. The molecule has 0 aliphatic carbocycles. The average Bonchev–Trinajstić information content (AvgIpc) is 3.76. The molecule has 4 aromatic heterocycles. The van der Waals surface area contributed by atoms with Gasteiger partial charge in [-0.1, -0.05) is 0 Å². The van der Waals surface area contributed by atoms with Crippen molar-refractivity contribution in [1.29, 1.82) is 0 Å². The maximum Gasteiger partial charge on any atom is 0.231 e. The van der Waals surface area contributed by atoms with Crippen molar-refractivity contribution in [2.24, 2.45) is 7.05 Å². The number of anilines is 5. The van der Waals surface area contributed by atoms with Crippen LogP contribution in [0.25, 0.3) is 33.2 Å². The van der Waals surface area contributed by atoms with Crippen LogP contribution in [-0.2, 0) is 16.5 Å². The summed E-state index contributed by atoms with van der Waals surface area (Å²) >= 11 is 0. The van der Waals surface area contributed by atoms with Crippen LogP contribution in [0.3, 0.4) is 0 Å². The van der Waals surface area contributed by atoms with E-state index in [2.05, 4.69) is 42.8 Å². The smallest absolute Gasteiger partial charge is 0.231 e. The quantitative estimate of drug-likeness (QED) is 0.213. The number of rotatable bonds is 6. The Bertz CT molecular complexity index is 2150. The number of ether oxygens (including phenoxy) is 1. The molecule has 2 aromatic carbocycles. The summed E-state index contributed by atoms with van der Waals surface area (Å²) in [5.74, 6) is 2.47. The van der Waals surface area contributed by atoms with Gasteiger partial charge in [-0.05, 0) is 54.8 Å². The summed E-state index contributed by atoms with van der Waals surface area (Å²) in [4.78, 5) is 27.7. The maximum atomic E-state index is 13.5. The number of methoxy groups -OCH3 is 1. The second kappa shape index (κ2) is 9.76. The van der Waals surface area contributed by atoms with E-state index in [1.807, 2.05) is 47.4 Å². The topological polar surface area (TPSA) is 148 Å². The summed E-state index contributed by atoms with van der Waals surface area (Å²) < 4.78 is 21.2. The zero-order valence-corrected chi connectivity index (χ0v) is 25.4. The van der Waals surface area contributed by atoms with Crippen LogP contribution in [0.15, 0.2) is 55.1 Å². The summed E-state index contributed by atoms with van der Waals surface area (Å²) in [6, 6.07) is 9.80. The molecule has 0 spiro atoms. The van der Waals surface area contributed by atoms with Gasteiger partial charge in [0.25, 0.3) is 0 Å². The van der Waals surface area contributed by atoms with Crippen LogP contribution in [0, 0.1) is 0 Å². The Kier molecular flexibility index (Phi) is 5.90. The highest BCUT2D eigenvalue weighted by atomic mass is 31.2. The first-order chi connectivity index (χ1) is 21.3. The molecule has 0 radical (unpaired) electrons. The van der Waals surface area contributed by atoms with Gasteiger partial charge < -0.3 is 24.9 Å². The number of nitrogens with one attached hydrogen (secondary N) is 3. The van der Waals surface area contributed by atoms with E-state index in [9.17, 15) is 4.57 Å². The largest absolute Gasteiger partial charge is 0.495 e. The fraction of sp³-hybridized carbons (Fsp3) is 0.233. The van der Waals surface area contributed by atoms with Crippen LogP contribution in [0.5, 0.6) is 5.75 Å². The summed E-state index contributed by atoms with van der Waals surface area (Å²) in [7, 11) is 0.793. The van der Waals surface area contributed by atoms with E-state index in [1.54, 1.807) is 32.8 Å². The van der Waals surface area contributed by atoms with Gasteiger partial charge in [-0.2, -0.15) is 15.1 Å². The molecule has 6 aromatic rings. The average molecular weight is 609 g/mol. The Labute approximate surface area is 252 Å².